The zero-order valence-corrected chi connectivity index (χ0v) is 13.1. The monoisotopic (exact) mass is 349 g/mol. The van der Waals surface area contributed by atoms with E-state index in [9.17, 15) is 0 Å². The van der Waals surface area contributed by atoms with Crippen molar-refractivity contribution in [1.82, 2.24) is 10.2 Å². The summed E-state index contributed by atoms with van der Waals surface area (Å²) >= 11 is 5.03. The smallest absolute Gasteiger partial charge is 0.153 e. The third-order valence-corrected chi connectivity index (χ3v) is 4.45. The largest absolute Gasteiger partial charge is 0.495 e. The zero-order chi connectivity index (χ0) is 14.1. The molecule has 3 aromatic rings. The quantitative estimate of drug-likeness (QED) is 0.746. The summed E-state index contributed by atoms with van der Waals surface area (Å²) in [7, 11) is 1.66. The van der Waals surface area contributed by atoms with E-state index < -0.39 is 0 Å². The minimum Gasteiger partial charge on any atom is -0.495 e. The first-order valence-electron chi connectivity index (χ1n) is 5.92. The molecule has 20 heavy (non-hydrogen) atoms. The standard InChI is InChI=1S/C14H12BrN3OS/c1-19-10-6-7-20-13(10)12-11(14(16)18-17-12)8-2-4-9(15)5-3-8/h2-7H,1H3,(H3,16,17,18). The lowest BCUT2D eigenvalue weighted by atomic mass is 10.0. The van der Waals surface area contributed by atoms with Crippen LogP contribution in [-0.4, -0.2) is 17.3 Å². The number of anilines is 1. The van der Waals surface area contributed by atoms with Gasteiger partial charge in [-0.05, 0) is 29.1 Å². The van der Waals surface area contributed by atoms with E-state index in [1.54, 1.807) is 18.4 Å². The van der Waals surface area contributed by atoms with Crippen molar-refractivity contribution >= 4 is 33.1 Å². The molecule has 0 fully saturated rings. The Kier molecular flexibility index (Phi) is 3.50. The van der Waals surface area contributed by atoms with Gasteiger partial charge in [0.25, 0.3) is 0 Å². The Bertz CT molecular complexity index is 733. The van der Waals surface area contributed by atoms with Crippen molar-refractivity contribution in [3.8, 4) is 27.4 Å². The van der Waals surface area contributed by atoms with Crippen LogP contribution in [0.3, 0.4) is 0 Å². The normalized spacial score (nSPS) is 10.7. The van der Waals surface area contributed by atoms with Gasteiger partial charge in [0.15, 0.2) is 5.82 Å². The Morgan fingerprint density at radius 3 is 2.70 bits per heavy atom. The summed E-state index contributed by atoms with van der Waals surface area (Å²) in [6.45, 7) is 0. The number of thiophene rings is 1. The molecule has 6 heteroatoms. The van der Waals surface area contributed by atoms with Gasteiger partial charge in [0.2, 0.25) is 0 Å². The van der Waals surface area contributed by atoms with Crippen molar-refractivity contribution in [2.75, 3.05) is 12.8 Å². The summed E-state index contributed by atoms with van der Waals surface area (Å²) < 4.78 is 6.40. The van der Waals surface area contributed by atoms with Gasteiger partial charge in [0, 0.05) is 4.47 Å². The molecule has 4 nitrogen and oxygen atoms in total. The van der Waals surface area contributed by atoms with Crippen LogP contribution in [-0.2, 0) is 0 Å². The van der Waals surface area contributed by atoms with E-state index in [0.29, 0.717) is 5.82 Å². The number of nitrogen functional groups attached to an aromatic ring is 1. The molecule has 0 amide bonds. The molecule has 2 aromatic heterocycles. The van der Waals surface area contributed by atoms with Crippen LogP contribution in [0.25, 0.3) is 21.7 Å². The van der Waals surface area contributed by atoms with E-state index in [1.165, 1.54) is 0 Å². The highest BCUT2D eigenvalue weighted by Gasteiger charge is 2.18. The molecule has 0 aliphatic heterocycles. The number of H-pyrrole nitrogens is 1. The van der Waals surface area contributed by atoms with Gasteiger partial charge in [0.05, 0.1) is 23.2 Å². The molecule has 0 bridgehead atoms. The fourth-order valence-electron chi connectivity index (χ4n) is 2.07. The highest BCUT2D eigenvalue weighted by molar-refractivity contribution is 9.10. The van der Waals surface area contributed by atoms with E-state index in [1.807, 2.05) is 35.7 Å². The predicted molar refractivity (Wildman–Crippen MR) is 86.0 cm³/mol. The van der Waals surface area contributed by atoms with Crippen LogP contribution in [0.15, 0.2) is 40.2 Å². The van der Waals surface area contributed by atoms with Gasteiger partial charge < -0.3 is 10.5 Å². The molecular formula is C14H12BrN3OS. The third-order valence-electron chi connectivity index (χ3n) is 3.00. The highest BCUT2D eigenvalue weighted by Crippen LogP contribution is 2.41. The second kappa shape index (κ2) is 5.30. The number of nitrogens with two attached hydrogens (primary N) is 1. The van der Waals surface area contributed by atoms with Gasteiger partial charge in [0.1, 0.15) is 5.75 Å². The van der Waals surface area contributed by atoms with Crippen LogP contribution in [0, 0.1) is 0 Å². The summed E-state index contributed by atoms with van der Waals surface area (Å²) in [6.07, 6.45) is 0. The van der Waals surface area contributed by atoms with E-state index >= 15 is 0 Å². The molecule has 2 heterocycles. The summed E-state index contributed by atoms with van der Waals surface area (Å²) in [6, 6.07) is 9.92. The molecule has 0 radical (unpaired) electrons. The van der Waals surface area contributed by atoms with Crippen LogP contribution in [0.2, 0.25) is 0 Å². The van der Waals surface area contributed by atoms with Crippen LogP contribution in [0.5, 0.6) is 5.75 Å². The number of benzene rings is 1. The van der Waals surface area contributed by atoms with Gasteiger partial charge >= 0.3 is 0 Å². The second-order valence-corrected chi connectivity index (χ2v) is 6.02. The van der Waals surface area contributed by atoms with Crippen molar-refractivity contribution in [3.05, 3.63) is 40.2 Å². The summed E-state index contributed by atoms with van der Waals surface area (Å²) in [5.74, 6) is 1.30. The second-order valence-electron chi connectivity index (χ2n) is 4.18. The van der Waals surface area contributed by atoms with E-state index in [-0.39, 0.29) is 0 Å². The number of ether oxygens (including phenoxy) is 1. The highest BCUT2D eigenvalue weighted by atomic mass is 79.9. The van der Waals surface area contributed by atoms with Crippen molar-refractivity contribution in [1.29, 1.82) is 0 Å². The molecule has 3 N–H and O–H groups in total. The van der Waals surface area contributed by atoms with Crippen molar-refractivity contribution in [3.63, 3.8) is 0 Å². The first kappa shape index (κ1) is 13.2. The van der Waals surface area contributed by atoms with Crippen LogP contribution in [0.4, 0.5) is 5.82 Å². The molecule has 0 saturated heterocycles. The third kappa shape index (κ3) is 2.21. The van der Waals surface area contributed by atoms with Gasteiger partial charge in [-0.15, -0.1) is 11.3 Å². The molecule has 0 unspecified atom stereocenters. The van der Waals surface area contributed by atoms with Gasteiger partial charge in [-0.25, -0.2) is 0 Å². The molecule has 1 aromatic carbocycles. The van der Waals surface area contributed by atoms with Crippen LogP contribution < -0.4 is 10.5 Å². The van der Waals surface area contributed by atoms with E-state index in [2.05, 4.69) is 26.1 Å². The minimum absolute atomic E-state index is 0.484. The number of hydrogen-bond acceptors (Lipinski definition) is 4. The maximum Gasteiger partial charge on any atom is 0.153 e. The van der Waals surface area contributed by atoms with Gasteiger partial charge in [-0.2, -0.15) is 5.10 Å². The van der Waals surface area contributed by atoms with E-state index in [4.69, 9.17) is 10.5 Å². The molecule has 0 saturated carbocycles. The molecule has 0 aliphatic carbocycles. The maximum absolute atomic E-state index is 6.02. The lowest BCUT2D eigenvalue weighted by Crippen LogP contribution is -1.89. The molecule has 0 aliphatic rings. The Morgan fingerprint density at radius 1 is 1.25 bits per heavy atom. The lowest BCUT2D eigenvalue weighted by molar-refractivity contribution is 0.418. The molecule has 0 spiro atoms. The Hall–Kier alpha value is -1.79. The van der Waals surface area contributed by atoms with Crippen molar-refractivity contribution in [2.24, 2.45) is 0 Å². The molecule has 0 atom stereocenters. The Morgan fingerprint density at radius 2 is 2.00 bits per heavy atom. The van der Waals surface area contributed by atoms with Crippen LogP contribution >= 0.6 is 27.3 Å². The number of rotatable bonds is 3. The van der Waals surface area contributed by atoms with Gasteiger partial charge in [-0.1, -0.05) is 28.1 Å². The average molecular weight is 350 g/mol. The maximum atomic E-state index is 6.02. The summed E-state index contributed by atoms with van der Waals surface area (Å²) in [4.78, 5) is 0.995. The summed E-state index contributed by atoms with van der Waals surface area (Å²) in [5.41, 5.74) is 8.82. The number of nitrogens with zero attached hydrogens (tertiary/aromatic N) is 1. The predicted octanol–water partition coefficient (Wildman–Crippen LogP) is 4.16. The number of hydrogen-bond donors (Lipinski definition) is 2. The van der Waals surface area contributed by atoms with Gasteiger partial charge in [-0.3, -0.25) is 5.10 Å². The number of aromatic nitrogens is 2. The average Bonchev–Trinajstić information content (AvgIpc) is 3.05. The number of methoxy groups -OCH3 is 1. The molecule has 3 rings (SSSR count). The number of nitrogens with one attached hydrogen (secondary N) is 1. The fourth-order valence-corrected chi connectivity index (χ4v) is 3.19. The van der Waals surface area contributed by atoms with Crippen molar-refractivity contribution in [2.45, 2.75) is 0 Å². The van der Waals surface area contributed by atoms with E-state index in [0.717, 1.165) is 31.9 Å². The minimum atomic E-state index is 0.484. The van der Waals surface area contributed by atoms with Crippen molar-refractivity contribution < 1.29 is 4.74 Å². The SMILES string of the molecule is COc1ccsc1-c1[nH]nc(N)c1-c1ccc(Br)cc1. The number of halogens is 1. The first-order valence-corrected chi connectivity index (χ1v) is 7.59. The summed E-state index contributed by atoms with van der Waals surface area (Å²) in [5, 5.41) is 9.13. The zero-order valence-electron chi connectivity index (χ0n) is 10.7. The molecule has 102 valence electrons. The first-order chi connectivity index (χ1) is 9.70. The Labute approximate surface area is 128 Å². The van der Waals surface area contributed by atoms with Crippen LogP contribution in [0.1, 0.15) is 0 Å². The fraction of sp³-hybridized carbons (Fsp3) is 0.0714. The number of aromatic amines is 1. The topological polar surface area (TPSA) is 63.9 Å². The Balaban J connectivity index is 2.17. The molecular weight excluding hydrogens is 338 g/mol. The lowest BCUT2D eigenvalue weighted by Gasteiger charge is -2.05.